The smallest absolute Gasteiger partial charge is 1.00 e. The summed E-state index contributed by atoms with van der Waals surface area (Å²) in [5.41, 5.74) is 4.65. The van der Waals surface area contributed by atoms with Gasteiger partial charge in [0.25, 0.3) is 0 Å². The van der Waals surface area contributed by atoms with Crippen LogP contribution in [0.25, 0.3) is 0 Å². The SMILES string of the molecule is CCC(N)=O.[H-].[H-].[Mg+2]. The van der Waals surface area contributed by atoms with E-state index < -0.39 is 0 Å². The average molecular weight is 99.4 g/mol. The van der Waals surface area contributed by atoms with Crippen molar-refractivity contribution in [3.05, 3.63) is 0 Å². The van der Waals surface area contributed by atoms with Gasteiger partial charge in [-0.05, 0) is 0 Å². The second kappa shape index (κ2) is 5.24. The summed E-state index contributed by atoms with van der Waals surface area (Å²) in [4.78, 5) is 9.59. The van der Waals surface area contributed by atoms with Crippen molar-refractivity contribution in [1.82, 2.24) is 0 Å². The Balaban J connectivity index is -0.0000000267. The van der Waals surface area contributed by atoms with E-state index in [4.69, 9.17) is 0 Å². The van der Waals surface area contributed by atoms with Crippen LogP contribution < -0.4 is 5.73 Å². The molecule has 2 N–H and O–H groups in total. The van der Waals surface area contributed by atoms with Crippen LogP contribution in [0.3, 0.4) is 0 Å². The van der Waals surface area contributed by atoms with E-state index >= 15 is 0 Å². The van der Waals surface area contributed by atoms with Crippen LogP contribution >= 0.6 is 0 Å². The molecule has 0 heterocycles. The first-order valence-corrected chi connectivity index (χ1v) is 1.55. The van der Waals surface area contributed by atoms with Crippen LogP contribution in [0.5, 0.6) is 0 Å². The van der Waals surface area contributed by atoms with Gasteiger partial charge in [0, 0.05) is 6.42 Å². The van der Waals surface area contributed by atoms with Gasteiger partial charge in [-0.15, -0.1) is 0 Å². The number of hydrogen-bond donors (Lipinski definition) is 1. The molecule has 0 aliphatic heterocycles. The van der Waals surface area contributed by atoms with E-state index in [0.29, 0.717) is 6.42 Å². The van der Waals surface area contributed by atoms with E-state index in [1.165, 1.54) is 0 Å². The molecular formula is C3H9MgNO. The van der Waals surface area contributed by atoms with Gasteiger partial charge in [-0.3, -0.25) is 4.79 Å². The van der Waals surface area contributed by atoms with Gasteiger partial charge in [-0.2, -0.15) is 0 Å². The third-order valence-corrected chi connectivity index (χ3v) is 0.348. The fourth-order valence-corrected chi connectivity index (χ4v) is 0. The van der Waals surface area contributed by atoms with E-state index in [1.807, 2.05) is 0 Å². The minimum atomic E-state index is -0.245. The maximum absolute atomic E-state index is 9.59. The summed E-state index contributed by atoms with van der Waals surface area (Å²) in [6, 6.07) is 0. The molecule has 0 aromatic rings. The molecule has 0 aliphatic rings. The molecule has 2 nitrogen and oxygen atoms in total. The van der Waals surface area contributed by atoms with Gasteiger partial charge in [-0.1, -0.05) is 6.92 Å². The van der Waals surface area contributed by atoms with E-state index in [0.717, 1.165) is 0 Å². The van der Waals surface area contributed by atoms with Gasteiger partial charge in [0.2, 0.25) is 5.91 Å². The molecule has 0 atom stereocenters. The number of rotatable bonds is 1. The molecular weight excluding hydrogens is 90.3 g/mol. The van der Waals surface area contributed by atoms with Crippen LogP contribution in [-0.4, -0.2) is 29.0 Å². The fourth-order valence-electron chi connectivity index (χ4n) is 0. The largest absolute Gasteiger partial charge is 2.00 e. The first-order valence-electron chi connectivity index (χ1n) is 1.55. The van der Waals surface area contributed by atoms with Crippen LogP contribution in [0.2, 0.25) is 0 Å². The maximum atomic E-state index is 9.59. The quantitative estimate of drug-likeness (QED) is 0.452. The Kier molecular flexibility index (Phi) is 8.32. The monoisotopic (exact) mass is 99.1 g/mol. The molecule has 0 aliphatic carbocycles. The van der Waals surface area contributed by atoms with Crippen molar-refractivity contribution >= 4 is 29.0 Å². The van der Waals surface area contributed by atoms with E-state index in [2.05, 4.69) is 5.73 Å². The van der Waals surface area contributed by atoms with Crippen molar-refractivity contribution in [1.29, 1.82) is 0 Å². The van der Waals surface area contributed by atoms with Crippen molar-refractivity contribution in [3.8, 4) is 0 Å². The van der Waals surface area contributed by atoms with Crippen molar-refractivity contribution in [2.24, 2.45) is 5.73 Å². The van der Waals surface area contributed by atoms with Crippen LogP contribution in [0.15, 0.2) is 0 Å². The number of hydrogen-bond acceptors (Lipinski definition) is 1. The molecule has 3 heteroatoms. The van der Waals surface area contributed by atoms with Crippen LogP contribution in [0.4, 0.5) is 0 Å². The van der Waals surface area contributed by atoms with Gasteiger partial charge in [-0.25, -0.2) is 0 Å². The van der Waals surface area contributed by atoms with Crippen molar-refractivity contribution < 1.29 is 7.65 Å². The Labute approximate surface area is 56.2 Å². The normalized spacial score (nSPS) is 6.17. The minimum Gasteiger partial charge on any atom is -1.00 e. The third-order valence-electron chi connectivity index (χ3n) is 0.348. The van der Waals surface area contributed by atoms with Gasteiger partial charge in [0.05, 0.1) is 0 Å². The van der Waals surface area contributed by atoms with Gasteiger partial charge < -0.3 is 8.59 Å². The summed E-state index contributed by atoms with van der Waals surface area (Å²) < 4.78 is 0. The van der Waals surface area contributed by atoms with E-state index in [9.17, 15) is 4.79 Å². The molecule has 0 saturated carbocycles. The molecule has 0 aromatic carbocycles. The number of primary amides is 1. The zero-order chi connectivity index (χ0) is 4.28. The number of amides is 1. The third kappa shape index (κ3) is 8.87. The number of nitrogens with two attached hydrogens (primary N) is 1. The number of carbonyl (C=O) groups is 1. The molecule has 1 amide bonds. The molecule has 0 rings (SSSR count). The zero-order valence-electron chi connectivity index (χ0n) is 5.90. The van der Waals surface area contributed by atoms with Gasteiger partial charge >= 0.3 is 23.1 Å². The number of carbonyl (C=O) groups excluding carboxylic acids is 1. The fraction of sp³-hybridized carbons (Fsp3) is 0.667. The second-order valence-corrected chi connectivity index (χ2v) is 0.820. The average Bonchev–Trinajstić information content (AvgIpc) is 1.38. The van der Waals surface area contributed by atoms with E-state index in [1.54, 1.807) is 6.92 Å². The summed E-state index contributed by atoms with van der Waals surface area (Å²) >= 11 is 0. The molecule has 0 saturated heterocycles. The molecule has 6 heavy (non-hydrogen) atoms. The molecule has 0 spiro atoms. The van der Waals surface area contributed by atoms with Crippen molar-refractivity contribution in [2.75, 3.05) is 0 Å². The first kappa shape index (κ1) is 9.53. The van der Waals surface area contributed by atoms with Crippen LogP contribution in [0.1, 0.15) is 16.2 Å². The maximum Gasteiger partial charge on any atom is 2.00 e. The Morgan fingerprint density at radius 3 is 2.17 bits per heavy atom. The minimum absolute atomic E-state index is 0. The van der Waals surface area contributed by atoms with Gasteiger partial charge in [0.15, 0.2) is 0 Å². The second-order valence-electron chi connectivity index (χ2n) is 0.820. The Morgan fingerprint density at radius 2 is 2.17 bits per heavy atom. The molecule has 0 radical (unpaired) electrons. The van der Waals surface area contributed by atoms with Gasteiger partial charge in [0.1, 0.15) is 0 Å². The van der Waals surface area contributed by atoms with Crippen LogP contribution in [-0.2, 0) is 4.79 Å². The summed E-state index contributed by atoms with van der Waals surface area (Å²) in [5, 5.41) is 0. The standard InChI is InChI=1S/C3H7NO.Mg.2H/c1-2-3(4)5;;;/h2H2,1H3,(H2,4,5);;;/q;+2;2*-1. The molecule has 0 fully saturated rings. The summed E-state index contributed by atoms with van der Waals surface area (Å²) in [7, 11) is 0. The summed E-state index contributed by atoms with van der Waals surface area (Å²) in [6.07, 6.45) is 0.444. The predicted octanol–water partition coefficient (Wildman–Crippen LogP) is -0.274. The summed E-state index contributed by atoms with van der Waals surface area (Å²) in [6.45, 7) is 1.72. The Morgan fingerprint density at radius 1 is 2.00 bits per heavy atom. The molecule has 0 bridgehead atoms. The Bertz CT molecular complexity index is 52.5. The first-order chi connectivity index (χ1) is 2.27. The van der Waals surface area contributed by atoms with E-state index in [-0.39, 0.29) is 31.8 Å². The topological polar surface area (TPSA) is 43.1 Å². The predicted molar refractivity (Wildman–Crippen MR) is 27.5 cm³/mol. The van der Waals surface area contributed by atoms with Crippen molar-refractivity contribution in [3.63, 3.8) is 0 Å². The Hall–Kier alpha value is 0.236. The van der Waals surface area contributed by atoms with Crippen LogP contribution in [0, 0.1) is 0 Å². The zero-order valence-corrected chi connectivity index (χ0v) is 5.31. The molecule has 34 valence electrons. The molecule has 0 unspecified atom stereocenters. The molecule has 0 aromatic heterocycles. The summed E-state index contributed by atoms with van der Waals surface area (Å²) in [5.74, 6) is -0.245. The van der Waals surface area contributed by atoms with Crippen molar-refractivity contribution in [2.45, 2.75) is 13.3 Å².